The molecule has 1 heterocycles. The summed E-state index contributed by atoms with van der Waals surface area (Å²) in [5.74, 6) is -0.00824. The van der Waals surface area contributed by atoms with E-state index in [1.54, 1.807) is 23.2 Å². The second kappa shape index (κ2) is 4.84. The van der Waals surface area contributed by atoms with Gasteiger partial charge in [0, 0.05) is 28.7 Å². The van der Waals surface area contributed by atoms with Crippen LogP contribution in [0.4, 0.5) is 0 Å². The molecule has 88 valence electrons. The van der Waals surface area contributed by atoms with Crippen LogP contribution in [0.2, 0.25) is 0 Å². The van der Waals surface area contributed by atoms with Gasteiger partial charge in [-0.05, 0) is 37.3 Å². The fraction of sp³-hybridized carbons (Fsp3) is 0.231. The number of amides is 1. The number of nitrogens with zero attached hydrogens (tertiary/aromatic N) is 1. The van der Waals surface area contributed by atoms with Gasteiger partial charge in [-0.25, -0.2) is 0 Å². The number of carbonyl (C=O) groups excluding carboxylic acids is 2. The van der Waals surface area contributed by atoms with Gasteiger partial charge >= 0.3 is 0 Å². The van der Waals surface area contributed by atoms with Crippen molar-refractivity contribution in [1.29, 1.82) is 0 Å². The van der Waals surface area contributed by atoms with Crippen molar-refractivity contribution in [2.75, 3.05) is 0 Å². The number of ketones is 1. The van der Waals surface area contributed by atoms with Crippen LogP contribution in [0.5, 0.6) is 0 Å². The zero-order valence-electron chi connectivity index (χ0n) is 9.39. The van der Waals surface area contributed by atoms with Crippen LogP contribution in [0.15, 0.2) is 41.0 Å². The average molecular weight is 294 g/mol. The normalized spacial score (nSPS) is 19.5. The van der Waals surface area contributed by atoms with Crippen LogP contribution >= 0.6 is 15.9 Å². The smallest absolute Gasteiger partial charge is 0.258 e. The number of hydrogen-bond donors (Lipinski definition) is 0. The van der Waals surface area contributed by atoms with Gasteiger partial charge in [0.05, 0.1) is 0 Å². The molecule has 0 fully saturated rings. The van der Waals surface area contributed by atoms with Crippen LogP contribution in [-0.2, 0) is 4.79 Å². The fourth-order valence-corrected chi connectivity index (χ4v) is 2.04. The monoisotopic (exact) mass is 293 g/mol. The first kappa shape index (κ1) is 12.0. The van der Waals surface area contributed by atoms with Crippen molar-refractivity contribution < 1.29 is 9.59 Å². The van der Waals surface area contributed by atoms with Gasteiger partial charge in [-0.3, -0.25) is 9.59 Å². The molecule has 0 spiro atoms. The SMILES string of the molecule is CC1CC(=O)C=CN1C(=O)c1ccc(Br)cc1. The number of rotatable bonds is 1. The number of halogens is 1. The largest absolute Gasteiger partial charge is 0.312 e. The predicted octanol–water partition coefficient (Wildman–Crippen LogP) is 2.77. The van der Waals surface area contributed by atoms with Gasteiger partial charge in [0.25, 0.3) is 5.91 Å². The lowest BCUT2D eigenvalue weighted by Gasteiger charge is -2.28. The molecule has 0 aliphatic carbocycles. The molecule has 0 aromatic heterocycles. The van der Waals surface area contributed by atoms with E-state index in [-0.39, 0.29) is 17.7 Å². The minimum atomic E-state index is -0.0800. The van der Waals surface area contributed by atoms with Crippen LogP contribution in [0.1, 0.15) is 23.7 Å². The van der Waals surface area contributed by atoms with Gasteiger partial charge in [0.15, 0.2) is 5.78 Å². The minimum Gasteiger partial charge on any atom is -0.312 e. The van der Waals surface area contributed by atoms with Crippen LogP contribution < -0.4 is 0 Å². The molecule has 1 atom stereocenters. The van der Waals surface area contributed by atoms with Crippen molar-refractivity contribution in [1.82, 2.24) is 4.90 Å². The van der Waals surface area contributed by atoms with E-state index in [1.165, 1.54) is 6.08 Å². The second-order valence-electron chi connectivity index (χ2n) is 4.05. The highest BCUT2D eigenvalue weighted by Gasteiger charge is 2.24. The summed E-state index contributed by atoms with van der Waals surface area (Å²) in [6, 6.07) is 7.11. The minimum absolute atomic E-state index is 0.0670. The van der Waals surface area contributed by atoms with E-state index in [9.17, 15) is 9.59 Å². The molecule has 1 aliphatic heterocycles. The summed E-state index contributed by atoms with van der Waals surface area (Å²) in [6.07, 6.45) is 3.41. The van der Waals surface area contributed by atoms with Crippen molar-refractivity contribution in [3.8, 4) is 0 Å². The summed E-state index contributed by atoms with van der Waals surface area (Å²) in [4.78, 5) is 25.0. The lowest BCUT2D eigenvalue weighted by Crippen LogP contribution is -2.38. The predicted molar refractivity (Wildman–Crippen MR) is 68.5 cm³/mol. The average Bonchev–Trinajstić information content (AvgIpc) is 2.29. The van der Waals surface area contributed by atoms with Gasteiger partial charge in [-0.2, -0.15) is 0 Å². The van der Waals surface area contributed by atoms with E-state index in [4.69, 9.17) is 0 Å². The molecule has 2 rings (SSSR count). The van der Waals surface area contributed by atoms with E-state index in [0.29, 0.717) is 12.0 Å². The molecule has 0 radical (unpaired) electrons. The Morgan fingerprint density at radius 3 is 2.59 bits per heavy atom. The summed E-state index contributed by atoms with van der Waals surface area (Å²) >= 11 is 3.33. The van der Waals surface area contributed by atoms with Gasteiger partial charge in [-0.1, -0.05) is 15.9 Å². The quantitative estimate of drug-likeness (QED) is 0.798. The highest BCUT2D eigenvalue weighted by atomic mass is 79.9. The van der Waals surface area contributed by atoms with Crippen LogP contribution in [0.3, 0.4) is 0 Å². The van der Waals surface area contributed by atoms with E-state index in [2.05, 4.69) is 15.9 Å². The number of allylic oxidation sites excluding steroid dienone is 1. The molecule has 1 amide bonds. The number of carbonyl (C=O) groups is 2. The summed E-state index contributed by atoms with van der Waals surface area (Å²) in [7, 11) is 0. The van der Waals surface area contributed by atoms with Crippen LogP contribution in [0, 0.1) is 0 Å². The Kier molecular flexibility index (Phi) is 3.43. The molecule has 1 unspecified atom stereocenters. The molecule has 1 aromatic carbocycles. The van der Waals surface area contributed by atoms with Crippen LogP contribution in [-0.4, -0.2) is 22.6 Å². The lowest BCUT2D eigenvalue weighted by molar-refractivity contribution is -0.115. The topological polar surface area (TPSA) is 37.4 Å². The maximum absolute atomic E-state index is 12.2. The van der Waals surface area contributed by atoms with E-state index in [0.717, 1.165) is 4.47 Å². The molecule has 17 heavy (non-hydrogen) atoms. The molecule has 4 heteroatoms. The summed E-state index contributed by atoms with van der Waals surface area (Å²) in [6.45, 7) is 1.87. The van der Waals surface area contributed by atoms with Gasteiger partial charge < -0.3 is 4.90 Å². The first-order valence-corrected chi connectivity index (χ1v) is 6.16. The van der Waals surface area contributed by atoms with Crippen LogP contribution in [0.25, 0.3) is 0 Å². The number of benzene rings is 1. The molecule has 0 bridgehead atoms. The highest BCUT2D eigenvalue weighted by Crippen LogP contribution is 2.17. The van der Waals surface area contributed by atoms with Crippen molar-refractivity contribution in [3.05, 3.63) is 46.6 Å². The Labute approximate surface area is 108 Å². The second-order valence-corrected chi connectivity index (χ2v) is 4.97. The van der Waals surface area contributed by atoms with Crippen molar-refractivity contribution in [2.45, 2.75) is 19.4 Å². The third-order valence-electron chi connectivity index (χ3n) is 2.72. The maximum Gasteiger partial charge on any atom is 0.258 e. The Morgan fingerprint density at radius 1 is 1.35 bits per heavy atom. The molecule has 0 N–H and O–H groups in total. The van der Waals surface area contributed by atoms with Gasteiger partial charge in [0.1, 0.15) is 0 Å². The maximum atomic E-state index is 12.2. The molecule has 0 saturated carbocycles. The molecule has 1 aromatic rings. The Hall–Kier alpha value is -1.42. The molecule has 0 saturated heterocycles. The standard InChI is InChI=1S/C13H12BrNO2/c1-9-8-12(16)6-7-15(9)13(17)10-2-4-11(14)5-3-10/h2-7,9H,8H2,1H3. The lowest BCUT2D eigenvalue weighted by atomic mass is 10.1. The summed E-state index contributed by atoms with van der Waals surface area (Å²) < 4.78 is 0.937. The Morgan fingerprint density at radius 2 is 2.00 bits per heavy atom. The Bertz CT molecular complexity index is 479. The molecule has 1 aliphatic rings. The first-order valence-electron chi connectivity index (χ1n) is 5.37. The zero-order chi connectivity index (χ0) is 12.4. The summed E-state index contributed by atoms with van der Waals surface area (Å²) in [5.41, 5.74) is 0.624. The van der Waals surface area contributed by atoms with Crippen molar-refractivity contribution in [2.24, 2.45) is 0 Å². The fourth-order valence-electron chi connectivity index (χ4n) is 1.78. The number of hydrogen-bond acceptors (Lipinski definition) is 2. The Balaban J connectivity index is 2.23. The third-order valence-corrected chi connectivity index (χ3v) is 3.25. The highest BCUT2D eigenvalue weighted by molar-refractivity contribution is 9.10. The van der Waals surface area contributed by atoms with E-state index >= 15 is 0 Å². The third kappa shape index (κ3) is 2.64. The molecular weight excluding hydrogens is 282 g/mol. The van der Waals surface area contributed by atoms with E-state index < -0.39 is 0 Å². The zero-order valence-corrected chi connectivity index (χ0v) is 11.0. The van der Waals surface area contributed by atoms with Gasteiger partial charge in [0.2, 0.25) is 0 Å². The van der Waals surface area contributed by atoms with Gasteiger partial charge in [-0.15, -0.1) is 0 Å². The first-order chi connectivity index (χ1) is 8.08. The molecular formula is C13H12BrNO2. The van der Waals surface area contributed by atoms with Crippen molar-refractivity contribution in [3.63, 3.8) is 0 Å². The van der Waals surface area contributed by atoms with E-state index in [1.807, 2.05) is 19.1 Å². The molecule has 3 nitrogen and oxygen atoms in total. The summed E-state index contributed by atoms with van der Waals surface area (Å²) in [5, 5.41) is 0. The van der Waals surface area contributed by atoms with Crippen molar-refractivity contribution >= 4 is 27.6 Å².